The second-order valence-electron chi connectivity index (χ2n) is 5.67. The van der Waals surface area contributed by atoms with Crippen molar-refractivity contribution in [2.24, 2.45) is 5.92 Å². The van der Waals surface area contributed by atoms with Gasteiger partial charge in [0.1, 0.15) is 0 Å². The quantitative estimate of drug-likeness (QED) is 0.787. The zero-order valence-corrected chi connectivity index (χ0v) is 15.0. The molecule has 6 heteroatoms. The Kier molecular flexibility index (Phi) is 7.05. The monoisotopic (exact) mass is 382 g/mol. The molecule has 1 aromatic rings. The molecule has 1 heterocycles. The number of amides is 2. The largest absolute Gasteiger partial charge is 0.381 e. The topological polar surface area (TPSA) is 58.6 Å². The van der Waals surface area contributed by atoms with E-state index in [1.807, 2.05) is 24.0 Å². The van der Waals surface area contributed by atoms with Crippen LogP contribution in [-0.2, 0) is 9.53 Å². The fourth-order valence-corrected chi connectivity index (χ4v) is 2.86. The minimum absolute atomic E-state index is 0.0792. The highest BCUT2D eigenvalue weighted by atomic mass is 79.9. The molecule has 0 aliphatic carbocycles. The van der Waals surface area contributed by atoms with E-state index in [1.54, 1.807) is 12.1 Å². The van der Waals surface area contributed by atoms with Crippen molar-refractivity contribution in [3.05, 3.63) is 34.3 Å². The van der Waals surface area contributed by atoms with Gasteiger partial charge in [0.05, 0.1) is 6.61 Å². The second kappa shape index (κ2) is 9.03. The first-order valence-electron chi connectivity index (χ1n) is 7.99. The smallest absolute Gasteiger partial charge is 0.251 e. The summed E-state index contributed by atoms with van der Waals surface area (Å²) in [5, 5.41) is 2.80. The number of nitrogens with one attached hydrogen (secondary N) is 1. The maximum absolute atomic E-state index is 12.3. The van der Waals surface area contributed by atoms with Gasteiger partial charge in [-0.05, 0) is 37.6 Å². The van der Waals surface area contributed by atoms with Crippen LogP contribution in [0.25, 0.3) is 0 Å². The van der Waals surface area contributed by atoms with Gasteiger partial charge >= 0.3 is 0 Å². The van der Waals surface area contributed by atoms with Gasteiger partial charge in [-0.25, -0.2) is 0 Å². The number of ether oxygens (including phenoxy) is 1. The van der Waals surface area contributed by atoms with Gasteiger partial charge in [0, 0.05) is 48.6 Å². The van der Waals surface area contributed by atoms with Gasteiger partial charge in [0.2, 0.25) is 5.91 Å². The van der Waals surface area contributed by atoms with Crippen molar-refractivity contribution in [3.8, 4) is 0 Å². The molecule has 1 unspecified atom stereocenters. The summed E-state index contributed by atoms with van der Waals surface area (Å²) in [5.74, 6) is 0.365. The molecule has 1 fully saturated rings. The van der Waals surface area contributed by atoms with Gasteiger partial charge in [-0.15, -0.1) is 0 Å². The second-order valence-corrected chi connectivity index (χ2v) is 6.59. The van der Waals surface area contributed by atoms with Crippen LogP contribution in [-0.4, -0.2) is 49.6 Å². The predicted molar refractivity (Wildman–Crippen MR) is 92.3 cm³/mol. The summed E-state index contributed by atoms with van der Waals surface area (Å²) in [7, 11) is 0. The number of carbonyl (C=O) groups excluding carboxylic acids is 2. The molecule has 23 heavy (non-hydrogen) atoms. The number of rotatable bonds is 7. The van der Waals surface area contributed by atoms with Crippen molar-refractivity contribution >= 4 is 27.7 Å². The summed E-state index contributed by atoms with van der Waals surface area (Å²) in [6.45, 7) is 5.30. The molecule has 1 aromatic carbocycles. The average Bonchev–Trinajstić information content (AvgIpc) is 3.06. The maximum Gasteiger partial charge on any atom is 0.251 e. The van der Waals surface area contributed by atoms with E-state index in [4.69, 9.17) is 4.74 Å². The van der Waals surface area contributed by atoms with Gasteiger partial charge in [-0.3, -0.25) is 9.59 Å². The highest BCUT2D eigenvalue weighted by molar-refractivity contribution is 9.10. The molecule has 1 aliphatic heterocycles. The van der Waals surface area contributed by atoms with Crippen LogP contribution in [0.3, 0.4) is 0 Å². The molecule has 0 saturated carbocycles. The first-order chi connectivity index (χ1) is 11.1. The third kappa shape index (κ3) is 5.62. The minimum atomic E-state index is -0.155. The number of hydrogen-bond acceptors (Lipinski definition) is 3. The Labute approximate surface area is 145 Å². The average molecular weight is 383 g/mol. The Morgan fingerprint density at radius 2 is 2.09 bits per heavy atom. The molecule has 5 nitrogen and oxygen atoms in total. The van der Waals surface area contributed by atoms with Gasteiger partial charge in [-0.2, -0.15) is 0 Å². The van der Waals surface area contributed by atoms with Crippen molar-refractivity contribution in [1.29, 1.82) is 0 Å². The van der Waals surface area contributed by atoms with Crippen molar-refractivity contribution in [1.82, 2.24) is 10.2 Å². The first kappa shape index (κ1) is 17.9. The van der Waals surface area contributed by atoms with Crippen molar-refractivity contribution in [3.63, 3.8) is 0 Å². The summed E-state index contributed by atoms with van der Waals surface area (Å²) in [6.07, 6.45) is 1.34. The lowest BCUT2D eigenvalue weighted by Gasteiger charge is -2.23. The van der Waals surface area contributed by atoms with Crippen LogP contribution < -0.4 is 5.32 Å². The van der Waals surface area contributed by atoms with Crippen LogP contribution in [0, 0.1) is 5.92 Å². The molecule has 0 radical (unpaired) electrons. The van der Waals surface area contributed by atoms with E-state index in [1.165, 1.54) is 0 Å². The van der Waals surface area contributed by atoms with E-state index in [9.17, 15) is 9.59 Å². The summed E-state index contributed by atoms with van der Waals surface area (Å²) < 4.78 is 6.28. The fourth-order valence-electron chi connectivity index (χ4n) is 2.59. The third-order valence-corrected chi connectivity index (χ3v) is 4.50. The van der Waals surface area contributed by atoms with E-state index in [-0.39, 0.29) is 11.8 Å². The maximum atomic E-state index is 12.3. The number of carbonyl (C=O) groups is 2. The zero-order valence-electron chi connectivity index (χ0n) is 13.4. The van der Waals surface area contributed by atoms with Crippen LogP contribution >= 0.6 is 15.9 Å². The van der Waals surface area contributed by atoms with Crippen LogP contribution in [0.4, 0.5) is 0 Å². The van der Waals surface area contributed by atoms with Crippen molar-refractivity contribution in [2.75, 3.05) is 32.8 Å². The van der Waals surface area contributed by atoms with E-state index in [2.05, 4.69) is 21.2 Å². The van der Waals surface area contributed by atoms with E-state index < -0.39 is 0 Å². The summed E-state index contributed by atoms with van der Waals surface area (Å²) in [6, 6.07) is 7.14. The summed E-state index contributed by atoms with van der Waals surface area (Å²) in [4.78, 5) is 26.1. The molecular weight excluding hydrogens is 360 g/mol. The van der Waals surface area contributed by atoms with Crippen LogP contribution in [0.1, 0.15) is 30.1 Å². The first-order valence-corrected chi connectivity index (χ1v) is 8.78. The molecule has 1 aliphatic rings. The van der Waals surface area contributed by atoms with Gasteiger partial charge < -0.3 is 15.0 Å². The standard InChI is InChI=1S/C17H23BrN2O3/c1-2-20(11-13-8-10-23-12-13)16(21)7-9-19-17(22)14-3-5-15(18)6-4-14/h3-6,13H,2,7-12H2,1H3,(H,19,22). The Balaban J connectivity index is 1.74. The number of nitrogens with zero attached hydrogens (tertiary/aromatic N) is 1. The Bertz CT molecular complexity index is 527. The normalized spacial score (nSPS) is 17.0. The lowest BCUT2D eigenvalue weighted by atomic mass is 10.1. The zero-order chi connectivity index (χ0) is 16.7. The van der Waals surface area contributed by atoms with Crippen molar-refractivity contribution in [2.45, 2.75) is 19.8 Å². The van der Waals surface area contributed by atoms with Crippen LogP contribution in [0.15, 0.2) is 28.7 Å². The molecular formula is C17H23BrN2O3. The molecule has 0 aromatic heterocycles. The van der Waals surface area contributed by atoms with Gasteiger partial charge in [-0.1, -0.05) is 15.9 Å². The minimum Gasteiger partial charge on any atom is -0.381 e. The lowest BCUT2D eigenvalue weighted by Crippen LogP contribution is -2.37. The van der Waals surface area contributed by atoms with Crippen molar-refractivity contribution < 1.29 is 14.3 Å². The molecule has 2 amide bonds. The SMILES string of the molecule is CCN(CC1CCOC1)C(=O)CCNC(=O)c1ccc(Br)cc1. The summed E-state index contributed by atoms with van der Waals surface area (Å²) in [5.41, 5.74) is 0.594. The number of halogens is 1. The number of benzene rings is 1. The van der Waals surface area contributed by atoms with Gasteiger partial charge in [0.15, 0.2) is 0 Å². The van der Waals surface area contributed by atoms with Crippen LogP contribution in [0.5, 0.6) is 0 Å². The molecule has 126 valence electrons. The highest BCUT2D eigenvalue weighted by Crippen LogP contribution is 2.14. The van der Waals surface area contributed by atoms with E-state index >= 15 is 0 Å². The Morgan fingerprint density at radius 3 is 2.70 bits per heavy atom. The summed E-state index contributed by atoms with van der Waals surface area (Å²) >= 11 is 3.34. The molecule has 0 bridgehead atoms. The van der Waals surface area contributed by atoms with E-state index in [0.29, 0.717) is 31.0 Å². The number of hydrogen-bond donors (Lipinski definition) is 1. The predicted octanol–water partition coefficient (Wildman–Crippen LogP) is 2.45. The molecule has 1 saturated heterocycles. The molecule has 1 N–H and O–H groups in total. The molecule has 1 atom stereocenters. The fraction of sp³-hybridized carbons (Fsp3) is 0.529. The van der Waals surface area contributed by atoms with Crippen LogP contribution in [0.2, 0.25) is 0 Å². The Morgan fingerprint density at radius 1 is 1.35 bits per heavy atom. The van der Waals surface area contributed by atoms with E-state index in [0.717, 1.165) is 30.7 Å². The third-order valence-electron chi connectivity index (χ3n) is 3.97. The van der Waals surface area contributed by atoms with Gasteiger partial charge in [0.25, 0.3) is 5.91 Å². The molecule has 0 spiro atoms. The molecule has 2 rings (SSSR count). The Hall–Kier alpha value is -1.40. The lowest BCUT2D eigenvalue weighted by molar-refractivity contribution is -0.131. The highest BCUT2D eigenvalue weighted by Gasteiger charge is 2.21.